The molecule has 0 unspecified atom stereocenters. The summed E-state index contributed by atoms with van der Waals surface area (Å²) >= 11 is 0. The molecule has 1 aromatic rings. The Morgan fingerprint density at radius 1 is 1.14 bits per heavy atom. The Morgan fingerprint density at radius 3 is 2.14 bits per heavy atom. The van der Waals surface area contributed by atoms with Gasteiger partial charge in [0.25, 0.3) is 10.0 Å². The number of nitrogens with one attached hydrogen (secondary N) is 2. The normalized spacial score (nSPS) is 13.0. The van der Waals surface area contributed by atoms with Gasteiger partial charge in [0.2, 0.25) is 0 Å². The van der Waals surface area contributed by atoms with Crippen LogP contribution in [0.15, 0.2) is 29.2 Å². The van der Waals surface area contributed by atoms with Crippen LogP contribution in [0.1, 0.15) is 13.8 Å². The summed E-state index contributed by atoms with van der Waals surface area (Å²) in [7, 11) is -1.04. The van der Waals surface area contributed by atoms with Crippen LogP contribution in [-0.2, 0) is 19.6 Å². The molecule has 0 radical (unpaired) electrons. The Balaban J connectivity index is 2.81. The first-order valence-corrected chi connectivity index (χ1v) is 7.79. The van der Waals surface area contributed by atoms with E-state index in [2.05, 4.69) is 15.0 Å². The van der Waals surface area contributed by atoms with Crippen molar-refractivity contribution in [2.45, 2.75) is 24.8 Å². The highest BCUT2D eigenvalue weighted by atomic mass is 32.2. The standard InChI is InChI=1S/C13H20N2O5S/c1-9(2)12(13(16)20-4)14-15-21(17,18)11-7-5-10(19-3)6-8-11/h5-9,12,14-15H,1-4H3/t12-/m0/s1. The number of hydrazine groups is 1. The van der Waals surface area contributed by atoms with Gasteiger partial charge in [0.1, 0.15) is 11.8 Å². The summed E-state index contributed by atoms with van der Waals surface area (Å²) in [5.74, 6) is -0.130. The maximum atomic E-state index is 12.1. The molecule has 8 heteroatoms. The van der Waals surface area contributed by atoms with Gasteiger partial charge >= 0.3 is 5.97 Å². The van der Waals surface area contributed by atoms with Gasteiger partial charge in [0.05, 0.1) is 19.1 Å². The number of carbonyl (C=O) groups excluding carboxylic acids is 1. The first kappa shape index (κ1) is 17.4. The van der Waals surface area contributed by atoms with Crippen LogP contribution in [0.4, 0.5) is 0 Å². The summed E-state index contributed by atoms with van der Waals surface area (Å²) in [5.41, 5.74) is 2.49. The van der Waals surface area contributed by atoms with E-state index in [-0.39, 0.29) is 10.8 Å². The minimum Gasteiger partial charge on any atom is -0.497 e. The molecule has 7 nitrogen and oxygen atoms in total. The number of ether oxygens (including phenoxy) is 2. The zero-order chi connectivity index (χ0) is 16.0. The molecule has 0 spiro atoms. The average Bonchev–Trinajstić information content (AvgIpc) is 2.46. The molecular weight excluding hydrogens is 296 g/mol. The third-order valence-electron chi connectivity index (χ3n) is 2.84. The van der Waals surface area contributed by atoms with Gasteiger partial charge in [-0.25, -0.2) is 13.8 Å². The third-order valence-corrected chi connectivity index (χ3v) is 4.12. The SMILES string of the molecule is COC(=O)[C@@H](NNS(=O)(=O)c1ccc(OC)cc1)C(C)C. The molecule has 0 heterocycles. The topological polar surface area (TPSA) is 93.7 Å². The third kappa shape index (κ3) is 4.69. The number of carbonyl (C=O) groups is 1. The summed E-state index contributed by atoms with van der Waals surface area (Å²) in [5, 5.41) is 0. The van der Waals surface area contributed by atoms with Crippen molar-refractivity contribution in [3.05, 3.63) is 24.3 Å². The Hall–Kier alpha value is -1.64. The van der Waals surface area contributed by atoms with Crippen LogP contribution in [0, 0.1) is 5.92 Å². The molecule has 0 aliphatic rings. The minimum atomic E-state index is -3.78. The van der Waals surface area contributed by atoms with E-state index < -0.39 is 22.0 Å². The maximum Gasteiger partial charge on any atom is 0.324 e. The van der Waals surface area contributed by atoms with Crippen molar-refractivity contribution >= 4 is 16.0 Å². The average molecular weight is 316 g/mol. The number of sulfonamides is 1. The molecule has 0 aliphatic carbocycles. The molecule has 0 saturated carbocycles. The van der Waals surface area contributed by atoms with Gasteiger partial charge in [-0.15, -0.1) is 4.83 Å². The summed E-state index contributed by atoms with van der Waals surface area (Å²) in [6.07, 6.45) is 0. The summed E-state index contributed by atoms with van der Waals surface area (Å²) in [4.78, 5) is 13.8. The zero-order valence-electron chi connectivity index (χ0n) is 12.4. The van der Waals surface area contributed by atoms with Gasteiger partial charge in [-0.05, 0) is 30.2 Å². The van der Waals surface area contributed by atoms with Gasteiger partial charge < -0.3 is 9.47 Å². The first-order chi connectivity index (χ1) is 9.81. The highest BCUT2D eigenvalue weighted by Crippen LogP contribution is 2.15. The Morgan fingerprint density at radius 2 is 1.71 bits per heavy atom. The van der Waals surface area contributed by atoms with E-state index in [0.29, 0.717) is 5.75 Å². The van der Waals surface area contributed by atoms with E-state index in [0.717, 1.165) is 0 Å². The van der Waals surface area contributed by atoms with Gasteiger partial charge in [-0.2, -0.15) is 0 Å². The van der Waals surface area contributed by atoms with Crippen molar-refractivity contribution in [1.82, 2.24) is 10.3 Å². The second-order valence-corrected chi connectivity index (χ2v) is 6.35. The number of rotatable bonds is 7. The highest BCUT2D eigenvalue weighted by Gasteiger charge is 2.25. The number of hydrogen-bond donors (Lipinski definition) is 2. The first-order valence-electron chi connectivity index (χ1n) is 6.31. The number of hydrogen-bond acceptors (Lipinski definition) is 6. The fraction of sp³-hybridized carbons (Fsp3) is 0.462. The van der Waals surface area contributed by atoms with Crippen LogP contribution < -0.4 is 15.0 Å². The van der Waals surface area contributed by atoms with Crippen molar-refractivity contribution in [3.8, 4) is 5.75 Å². The fourth-order valence-electron chi connectivity index (χ4n) is 1.58. The Bertz CT molecular complexity index is 569. The van der Waals surface area contributed by atoms with Crippen molar-refractivity contribution in [1.29, 1.82) is 0 Å². The van der Waals surface area contributed by atoms with Gasteiger partial charge in [-0.3, -0.25) is 4.79 Å². The zero-order valence-corrected chi connectivity index (χ0v) is 13.2. The molecule has 1 rings (SSSR count). The fourth-order valence-corrected chi connectivity index (χ4v) is 2.47. The number of esters is 1. The smallest absolute Gasteiger partial charge is 0.324 e. The molecule has 0 fully saturated rings. The second kappa shape index (κ2) is 7.39. The van der Waals surface area contributed by atoms with E-state index in [1.54, 1.807) is 13.8 Å². The molecule has 0 bridgehead atoms. The summed E-state index contributed by atoms with van der Waals surface area (Å²) < 4.78 is 33.8. The number of benzene rings is 1. The lowest BCUT2D eigenvalue weighted by Gasteiger charge is -2.20. The van der Waals surface area contributed by atoms with Gasteiger partial charge in [-0.1, -0.05) is 13.8 Å². The Kier molecular flexibility index (Phi) is 6.13. The van der Waals surface area contributed by atoms with Crippen LogP contribution in [0.2, 0.25) is 0 Å². The second-order valence-electron chi connectivity index (χ2n) is 4.67. The largest absolute Gasteiger partial charge is 0.497 e. The van der Waals surface area contributed by atoms with E-state index in [4.69, 9.17) is 4.74 Å². The molecule has 0 aliphatic heterocycles. The van der Waals surface area contributed by atoms with Crippen molar-refractivity contribution in [2.75, 3.05) is 14.2 Å². The van der Waals surface area contributed by atoms with Crippen LogP contribution in [0.3, 0.4) is 0 Å². The van der Waals surface area contributed by atoms with E-state index >= 15 is 0 Å². The molecular formula is C13H20N2O5S. The summed E-state index contributed by atoms with van der Waals surface area (Å²) in [6, 6.07) is 5.11. The van der Waals surface area contributed by atoms with Crippen LogP contribution in [0.5, 0.6) is 5.75 Å². The molecule has 0 saturated heterocycles. The Labute approximate surface area is 124 Å². The predicted molar refractivity (Wildman–Crippen MR) is 77.1 cm³/mol. The lowest BCUT2D eigenvalue weighted by molar-refractivity contribution is -0.144. The van der Waals surface area contributed by atoms with E-state index in [9.17, 15) is 13.2 Å². The molecule has 1 aromatic carbocycles. The molecule has 118 valence electrons. The van der Waals surface area contributed by atoms with Gasteiger partial charge in [0.15, 0.2) is 0 Å². The van der Waals surface area contributed by atoms with E-state index in [1.165, 1.54) is 38.5 Å². The van der Waals surface area contributed by atoms with Crippen molar-refractivity contribution in [2.24, 2.45) is 5.92 Å². The molecule has 0 amide bonds. The van der Waals surface area contributed by atoms with Crippen LogP contribution >= 0.6 is 0 Å². The maximum absolute atomic E-state index is 12.1. The van der Waals surface area contributed by atoms with Crippen molar-refractivity contribution in [3.63, 3.8) is 0 Å². The molecule has 2 N–H and O–H groups in total. The molecule has 0 aromatic heterocycles. The predicted octanol–water partition coefficient (Wildman–Crippen LogP) is 0.676. The lowest BCUT2D eigenvalue weighted by Crippen LogP contribution is -2.50. The van der Waals surface area contributed by atoms with Crippen LogP contribution in [-0.4, -0.2) is 34.6 Å². The quantitative estimate of drug-likeness (QED) is 0.567. The lowest BCUT2D eigenvalue weighted by atomic mass is 10.1. The van der Waals surface area contributed by atoms with Crippen LogP contribution in [0.25, 0.3) is 0 Å². The molecule has 21 heavy (non-hydrogen) atoms. The highest BCUT2D eigenvalue weighted by molar-refractivity contribution is 7.89. The summed E-state index contributed by atoms with van der Waals surface area (Å²) in [6.45, 7) is 3.55. The van der Waals surface area contributed by atoms with Crippen molar-refractivity contribution < 1.29 is 22.7 Å². The number of methoxy groups -OCH3 is 2. The van der Waals surface area contributed by atoms with Gasteiger partial charge in [0, 0.05) is 0 Å². The minimum absolute atomic E-state index is 0.0585. The molecule has 1 atom stereocenters. The van der Waals surface area contributed by atoms with E-state index in [1.807, 2.05) is 0 Å². The monoisotopic (exact) mass is 316 g/mol.